The minimum absolute atomic E-state index is 0.0970. The van der Waals surface area contributed by atoms with Crippen LogP contribution in [0.3, 0.4) is 0 Å². The monoisotopic (exact) mass is 356 g/mol. The Balaban J connectivity index is 2.44. The van der Waals surface area contributed by atoms with E-state index in [1.807, 2.05) is 32.9 Å². The molecular formula is C17H25ClN2O4. The standard InChI is InChI=1S/C17H25ClN2O4/c1-5-23-17(22)20-7-6-19-16(21)10-24-15-8-12(4)14(18)9-13(15)11(2)3/h8-9,11H,5-7,10H2,1-4H3,(H,19,21)(H,20,22). The molecule has 0 aromatic heterocycles. The number of ether oxygens (including phenoxy) is 2. The quantitative estimate of drug-likeness (QED) is 0.702. The van der Waals surface area contributed by atoms with E-state index in [2.05, 4.69) is 10.6 Å². The summed E-state index contributed by atoms with van der Waals surface area (Å²) in [5, 5.41) is 5.86. The van der Waals surface area contributed by atoms with Gasteiger partial charge in [-0.15, -0.1) is 0 Å². The Morgan fingerprint density at radius 1 is 1.21 bits per heavy atom. The maximum Gasteiger partial charge on any atom is 0.407 e. The van der Waals surface area contributed by atoms with E-state index in [4.69, 9.17) is 21.1 Å². The molecule has 0 aliphatic carbocycles. The Kier molecular flexibility index (Phi) is 8.40. The molecule has 0 atom stereocenters. The zero-order valence-electron chi connectivity index (χ0n) is 14.6. The average molecular weight is 357 g/mol. The van der Waals surface area contributed by atoms with Gasteiger partial charge in [-0.2, -0.15) is 0 Å². The van der Waals surface area contributed by atoms with Crippen molar-refractivity contribution in [3.63, 3.8) is 0 Å². The van der Waals surface area contributed by atoms with Gasteiger partial charge in [0.15, 0.2) is 6.61 Å². The van der Waals surface area contributed by atoms with E-state index in [1.54, 1.807) is 6.92 Å². The zero-order chi connectivity index (χ0) is 18.1. The molecule has 0 heterocycles. The van der Waals surface area contributed by atoms with Crippen LogP contribution in [0, 0.1) is 6.92 Å². The van der Waals surface area contributed by atoms with Crippen molar-refractivity contribution in [1.82, 2.24) is 10.6 Å². The van der Waals surface area contributed by atoms with E-state index in [9.17, 15) is 9.59 Å². The highest BCUT2D eigenvalue weighted by Crippen LogP contribution is 2.31. The number of nitrogens with one attached hydrogen (secondary N) is 2. The van der Waals surface area contributed by atoms with Crippen molar-refractivity contribution in [2.24, 2.45) is 0 Å². The van der Waals surface area contributed by atoms with Gasteiger partial charge in [0, 0.05) is 18.1 Å². The van der Waals surface area contributed by atoms with Gasteiger partial charge in [-0.25, -0.2) is 4.79 Å². The lowest BCUT2D eigenvalue weighted by atomic mass is 10.0. The summed E-state index contributed by atoms with van der Waals surface area (Å²) in [6.07, 6.45) is -0.499. The Hall–Kier alpha value is -1.95. The number of rotatable bonds is 8. The first-order valence-electron chi connectivity index (χ1n) is 7.95. The number of alkyl carbamates (subject to hydrolysis) is 1. The second-order valence-electron chi connectivity index (χ2n) is 5.58. The number of halogens is 1. The van der Waals surface area contributed by atoms with Gasteiger partial charge in [-0.05, 0) is 43.0 Å². The summed E-state index contributed by atoms with van der Waals surface area (Å²) in [5.74, 6) is 0.629. The Morgan fingerprint density at radius 3 is 2.50 bits per heavy atom. The highest BCUT2D eigenvalue weighted by atomic mass is 35.5. The van der Waals surface area contributed by atoms with Crippen LogP contribution in [-0.2, 0) is 9.53 Å². The fourth-order valence-electron chi connectivity index (χ4n) is 1.99. The van der Waals surface area contributed by atoms with Gasteiger partial charge in [0.25, 0.3) is 5.91 Å². The molecule has 6 nitrogen and oxygen atoms in total. The number of carbonyl (C=O) groups is 2. The topological polar surface area (TPSA) is 76.7 Å². The van der Waals surface area contributed by atoms with Crippen LogP contribution in [0.15, 0.2) is 12.1 Å². The second-order valence-corrected chi connectivity index (χ2v) is 5.99. The molecule has 0 saturated heterocycles. The van der Waals surface area contributed by atoms with Crippen LogP contribution < -0.4 is 15.4 Å². The maximum atomic E-state index is 11.8. The smallest absolute Gasteiger partial charge is 0.407 e. The number of hydrogen-bond donors (Lipinski definition) is 2. The second kappa shape index (κ2) is 10.0. The van der Waals surface area contributed by atoms with Crippen LogP contribution in [0.4, 0.5) is 4.79 Å². The molecule has 1 rings (SSSR count). The first-order chi connectivity index (χ1) is 11.3. The molecule has 1 aromatic rings. The van der Waals surface area contributed by atoms with Crippen LogP contribution >= 0.6 is 11.6 Å². The zero-order valence-corrected chi connectivity index (χ0v) is 15.3. The van der Waals surface area contributed by atoms with E-state index in [1.165, 1.54) is 0 Å². The summed E-state index contributed by atoms with van der Waals surface area (Å²) in [6, 6.07) is 3.71. The fraction of sp³-hybridized carbons (Fsp3) is 0.529. The van der Waals surface area contributed by atoms with Crippen molar-refractivity contribution in [1.29, 1.82) is 0 Å². The fourth-order valence-corrected chi connectivity index (χ4v) is 2.16. The number of hydrogen-bond acceptors (Lipinski definition) is 4. The minimum Gasteiger partial charge on any atom is -0.483 e. The highest BCUT2D eigenvalue weighted by molar-refractivity contribution is 6.31. The highest BCUT2D eigenvalue weighted by Gasteiger charge is 2.12. The van der Waals surface area contributed by atoms with Crippen molar-refractivity contribution in [3.05, 3.63) is 28.3 Å². The third-order valence-corrected chi connectivity index (χ3v) is 3.67. The molecule has 2 amide bonds. The first kappa shape index (κ1) is 20.1. The van der Waals surface area contributed by atoms with E-state index < -0.39 is 6.09 Å². The lowest BCUT2D eigenvalue weighted by molar-refractivity contribution is -0.123. The van der Waals surface area contributed by atoms with Gasteiger partial charge in [-0.1, -0.05) is 25.4 Å². The van der Waals surface area contributed by atoms with Crippen LogP contribution in [0.2, 0.25) is 5.02 Å². The molecule has 0 fully saturated rings. The lowest BCUT2D eigenvalue weighted by Crippen LogP contribution is -2.37. The molecule has 134 valence electrons. The molecule has 0 aliphatic heterocycles. The molecule has 0 saturated carbocycles. The Labute approximate surface area is 147 Å². The van der Waals surface area contributed by atoms with Crippen LogP contribution in [0.25, 0.3) is 0 Å². The van der Waals surface area contributed by atoms with E-state index in [-0.39, 0.29) is 18.4 Å². The average Bonchev–Trinajstić information content (AvgIpc) is 2.52. The van der Waals surface area contributed by atoms with Gasteiger partial charge < -0.3 is 20.1 Å². The molecule has 2 N–H and O–H groups in total. The summed E-state index contributed by atoms with van der Waals surface area (Å²) < 4.78 is 10.3. The molecular weight excluding hydrogens is 332 g/mol. The maximum absolute atomic E-state index is 11.8. The molecule has 0 radical (unpaired) electrons. The molecule has 1 aromatic carbocycles. The predicted octanol–water partition coefficient (Wildman–Crippen LogP) is 3.01. The molecule has 0 spiro atoms. The largest absolute Gasteiger partial charge is 0.483 e. The number of amides is 2. The Bertz CT molecular complexity index is 576. The van der Waals surface area contributed by atoms with Crippen molar-refractivity contribution < 1.29 is 19.1 Å². The summed E-state index contributed by atoms with van der Waals surface area (Å²) in [4.78, 5) is 22.9. The minimum atomic E-state index is -0.499. The van der Waals surface area contributed by atoms with Gasteiger partial charge in [-0.3, -0.25) is 4.79 Å². The number of benzene rings is 1. The summed E-state index contributed by atoms with van der Waals surface area (Å²) >= 11 is 6.15. The van der Waals surface area contributed by atoms with Gasteiger partial charge in [0.2, 0.25) is 0 Å². The van der Waals surface area contributed by atoms with E-state index >= 15 is 0 Å². The summed E-state index contributed by atoms with van der Waals surface area (Å²) in [7, 11) is 0. The lowest BCUT2D eigenvalue weighted by Gasteiger charge is -2.16. The molecule has 0 unspecified atom stereocenters. The normalized spacial score (nSPS) is 10.4. The van der Waals surface area contributed by atoms with E-state index in [0.29, 0.717) is 30.5 Å². The number of aryl methyl sites for hydroxylation is 1. The van der Waals surface area contributed by atoms with Gasteiger partial charge in [0.05, 0.1) is 6.61 Å². The SMILES string of the molecule is CCOC(=O)NCCNC(=O)COc1cc(C)c(Cl)cc1C(C)C. The summed E-state index contributed by atoms with van der Waals surface area (Å²) in [6.45, 7) is 8.50. The molecule has 0 bridgehead atoms. The molecule has 0 aliphatic rings. The molecule has 7 heteroatoms. The van der Waals surface area contributed by atoms with Crippen LogP contribution in [-0.4, -0.2) is 38.3 Å². The third-order valence-electron chi connectivity index (χ3n) is 3.26. The van der Waals surface area contributed by atoms with Crippen molar-refractivity contribution in [3.8, 4) is 5.75 Å². The van der Waals surface area contributed by atoms with Crippen molar-refractivity contribution in [2.75, 3.05) is 26.3 Å². The van der Waals surface area contributed by atoms with Gasteiger partial charge in [0.1, 0.15) is 5.75 Å². The predicted molar refractivity (Wildman–Crippen MR) is 93.8 cm³/mol. The molecule has 24 heavy (non-hydrogen) atoms. The van der Waals surface area contributed by atoms with Gasteiger partial charge >= 0.3 is 6.09 Å². The van der Waals surface area contributed by atoms with Crippen LogP contribution in [0.1, 0.15) is 37.8 Å². The summed E-state index contributed by atoms with van der Waals surface area (Å²) in [5.41, 5.74) is 1.86. The third kappa shape index (κ3) is 6.66. The Morgan fingerprint density at radius 2 is 1.88 bits per heavy atom. The number of carbonyl (C=O) groups excluding carboxylic acids is 2. The van der Waals surface area contributed by atoms with Crippen LogP contribution in [0.5, 0.6) is 5.75 Å². The first-order valence-corrected chi connectivity index (χ1v) is 8.33. The van der Waals surface area contributed by atoms with Crippen molar-refractivity contribution >= 4 is 23.6 Å². The van der Waals surface area contributed by atoms with Crippen molar-refractivity contribution in [2.45, 2.75) is 33.6 Å². The van der Waals surface area contributed by atoms with E-state index in [0.717, 1.165) is 11.1 Å².